The summed E-state index contributed by atoms with van der Waals surface area (Å²) in [5.41, 5.74) is 2.75. The van der Waals surface area contributed by atoms with E-state index in [1.165, 1.54) is 13.2 Å². The second-order valence-corrected chi connectivity index (χ2v) is 10.8. The molecule has 3 N–H and O–H groups in total. The molecule has 0 fully saturated rings. The molecule has 0 saturated heterocycles. The summed E-state index contributed by atoms with van der Waals surface area (Å²) in [6.07, 6.45) is 1.38. The summed E-state index contributed by atoms with van der Waals surface area (Å²) in [7, 11) is -2.02. The van der Waals surface area contributed by atoms with Crippen LogP contribution in [-0.4, -0.2) is 39.8 Å². The number of rotatable bonds is 9. The predicted molar refractivity (Wildman–Crippen MR) is 153 cm³/mol. The zero-order valence-electron chi connectivity index (χ0n) is 21.5. The largest absolute Gasteiger partial charge is 0.495 e. The normalized spacial score (nSPS) is 11.7. The van der Waals surface area contributed by atoms with Crippen molar-refractivity contribution in [2.24, 2.45) is 0 Å². The Balaban J connectivity index is 1.62. The standard InChI is InChI=1S/C30H29N3O5S/c1-38-27-18-10-9-17-25(27)32-30(35)33-26(20-21-12-4-3-5-13-21)29(34)31-24-16-8-6-14-22(24)23-15-7-11-19-28(23)39(2,36)37/h3-19,26H,20H2,1-2H3,(H,31,34)(H2,32,33,35)/t26-/m0/s1. The van der Waals surface area contributed by atoms with Gasteiger partial charge in [-0.15, -0.1) is 0 Å². The third kappa shape index (κ3) is 7.03. The molecular weight excluding hydrogens is 514 g/mol. The maximum atomic E-state index is 13.6. The van der Waals surface area contributed by atoms with Gasteiger partial charge >= 0.3 is 6.03 Å². The van der Waals surface area contributed by atoms with Gasteiger partial charge in [0.2, 0.25) is 5.91 Å². The van der Waals surface area contributed by atoms with E-state index in [-0.39, 0.29) is 11.3 Å². The van der Waals surface area contributed by atoms with Crippen LogP contribution in [0.15, 0.2) is 108 Å². The summed E-state index contributed by atoms with van der Waals surface area (Å²) < 4.78 is 30.2. The number of hydrogen-bond donors (Lipinski definition) is 3. The van der Waals surface area contributed by atoms with Crippen LogP contribution < -0.4 is 20.7 Å². The molecule has 0 spiro atoms. The number of carbonyl (C=O) groups is 2. The fraction of sp³-hybridized carbons (Fsp3) is 0.133. The molecule has 0 radical (unpaired) electrons. The molecule has 0 unspecified atom stereocenters. The highest BCUT2D eigenvalue weighted by molar-refractivity contribution is 7.90. The number of sulfone groups is 1. The second kappa shape index (κ2) is 12.3. The lowest BCUT2D eigenvalue weighted by molar-refractivity contribution is -0.117. The average Bonchev–Trinajstić information content (AvgIpc) is 2.93. The molecular formula is C30H29N3O5S. The highest BCUT2D eigenvalue weighted by Crippen LogP contribution is 2.33. The first-order valence-corrected chi connectivity index (χ1v) is 14.1. The molecule has 0 aliphatic rings. The molecule has 4 rings (SSSR count). The van der Waals surface area contributed by atoms with Gasteiger partial charge in [0, 0.05) is 29.5 Å². The third-order valence-corrected chi connectivity index (χ3v) is 7.18. The van der Waals surface area contributed by atoms with Crippen LogP contribution in [0, 0.1) is 0 Å². The van der Waals surface area contributed by atoms with Crippen LogP contribution in [0.4, 0.5) is 16.2 Å². The number of para-hydroxylation sites is 3. The first kappa shape index (κ1) is 27.4. The Kier molecular flexibility index (Phi) is 8.63. The molecule has 0 aliphatic heterocycles. The molecule has 0 saturated carbocycles. The average molecular weight is 544 g/mol. The third-order valence-electron chi connectivity index (χ3n) is 6.02. The molecule has 4 aromatic carbocycles. The molecule has 3 amide bonds. The summed E-state index contributed by atoms with van der Waals surface area (Å²) in [6, 6.07) is 28.3. The van der Waals surface area contributed by atoms with Gasteiger partial charge in [-0.2, -0.15) is 0 Å². The van der Waals surface area contributed by atoms with E-state index in [0.717, 1.165) is 11.8 Å². The summed E-state index contributed by atoms with van der Waals surface area (Å²) in [4.78, 5) is 26.7. The molecule has 9 heteroatoms. The van der Waals surface area contributed by atoms with E-state index < -0.39 is 27.8 Å². The Morgan fingerprint density at radius 2 is 1.33 bits per heavy atom. The first-order valence-electron chi connectivity index (χ1n) is 12.2. The molecule has 1 atom stereocenters. The number of methoxy groups -OCH3 is 1. The Morgan fingerprint density at radius 3 is 2.03 bits per heavy atom. The van der Waals surface area contributed by atoms with Crippen LogP contribution in [0.1, 0.15) is 5.56 Å². The number of nitrogens with one attached hydrogen (secondary N) is 3. The molecule has 4 aromatic rings. The zero-order chi connectivity index (χ0) is 27.8. The van der Waals surface area contributed by atoms with Crippen LogP contribution >= 0.6 is 0 Å². The first-order chi connectivity index (χ1) is 18.8. The van der Waals surface area contributed by atoms with E-state index in [0.29, 0.717) is 28.3 Å². The van der Waals surface area contributed by atoms with Gasteiger partial charge in [-0.1, -0.05) is 78.9 Å². The van der Waals surface area contributed by atoms with Crippen molar-refractivity contribution in [2.45, 2.75) is 17.4 Å². The van der Waals surface area contributed by atoms with Gasteiger partial charge in [0.25, 0.3) is 0 Å². The highest BCUT2D eigenvalue weighted by atomic mass is 32.2. The number of benzene rings is 4. The minimum absolute atomic E-state index is 0.154. The fourth-order valence-corrected chi connectivity index (χ4v) is 5.09. The molecule has 8 nitrogen and oxygen atoms in total. The van der Waals surface area contributed by atoms with Crippen LogP contribution in [0.5, 0.6) is 5.75 Å². The smallest absolute Gasteiger partial charge is 0.320 e. The molecule has 0 aromatic heterocycles. The number of urea groups is 1. The monoisotopic (exact) mass is 543 g/mol. The number of amides is 3. The number of ether oxygens (including phenoxy) is 1. The number of hydrogen-bond acceptors (Lipinski definition) is 5. The van der Waals surface area contributed by atoms with E-state index in [2.05, 4.69) is 16.0 Å². The Hall–Kier alpha value is -4.63. The van der Waals surface area contributed by atoms with Crippen LogP contribution in [-0.2, 0) is 21.1 Å². The topological polar surface area (TPSA) is 114 Å². The van der Waals surface area contributed by atoms with Crippen molar-refractivity contribution < 1.29 is 22.7 Å². The van der Waals surface area contributed by atoms with Crippen molar-refractivity contribution in [2.75, 3.05) is 24.0 Å². The maximum absolute atomic E-state index is 13.6. The predicted octanol–water partition coefficient (Wildman–Crippen LogP) is 5.14. The Morgan fingerprint density at radius 1 is 0.744 bits per heavy atom. The lowest BCUT2D eigenvalue weighted by Gasteiger charge is -2.21. The van der Waals surface area contributed by atoms with Gasteiger partial charge < -0.3 is 20.7 Å². The fourth-order valence-electron chi connectivity index (χ4n) is 4.18. The van der Waals surface area contributed by atoms with E-state index in [1.54, 1.807) is 66.7 Å². The van der Waals surface area contributed by atoms with Gasteiger partial charge in [0.05, 0.1) is 17.7 Å². The zero-order valence-corrected chi connectivity index (χ0v) is 22.4. The number of carbonyl (C=O) groups excluding carboxylic acids is 2. The van der Waals surface area contributed by atoms with Crippen molar-refractivity contribution in [1.82, 2.24) is 5.32 Å². The molecule has 0 aliphatic carbocycles. The lowest BCUT2D eigenvalue weighted by Crippen LogP contribution is -2.47. The van der Waals surface area contributed by atoms with Crippen molar-refractivity contribution >= 4 is 33.2 Å². The Labute approximate surface area is 228 Å². The van der Waals surface area contributed by atoms with Crippen molar-refractivity contribution in [3.8, 4) is 16.9 Å². The minimum Gasteiger partial charge on any atom is -0.495 e. The molecule has 0 bridgehead atoms. The summed E-state index contributed by atoms with van der Waals surface area (Å²) in [5.74, 6) is 0.0218. The van der Waals surface area contributed by atoms with Gasteiger partial charge in [0.1, 0.15) is 11.8 Å². The summed E-state index contributed by atoms with van der Waals surface area (Å²) in [5, 5.41) is 8.40. The van der Waals surface area contributed by atoms with Crippen LogP contribution in [0.25, 0.3) is 11.1 Å². The molecule has 39 heavy (non-hydrogen) atoms. The van der Waals surface area contributed by atoms with Crippen molar-refractivity contribution in [3.63, 3.8) is 0 Å². The van der Waals surface area contributed by atoms with Crippen molar-refractivity contribution in [1.29, 1.82) is 0 Å². The number of anilines is 2. The van der Waals surface area contributed by atoms with Crippen LogP contribution in [0.3, 0.4) is 0 Å². The Bertz CT molecular complexity index is 1570. The lowest BCUT2D eigenvalue weighted by atomic mass is 10.0. The maximum Gasteiger partial charge on any atom is 0.320 e. The van der Waals surface area contributed by atoms with Crippen LogP contribution in [0.2, 0.25) is 0 Å². The SMILES string of the molecule is COc1ccccc1NC(=O)N[C@@H](Cc1ccccc1)C(=O)Nc1ccccc1-c1ccccc1S(C)(=O)=O. The van der Waals surface area contributed by atoms with E-state index in [4.69, 9.17) is 4.74 Å². The van der Waals surface area contributed by atoms with Gasteiger partial charge in [0.15, 0.2) is 9.84 Å². The van der Waals surface area contributed by atoms with Crippen molar-refractivity contribution in [3.05, 3.63) is 109 Å². The second-order valence-electron chi connectivity index (χ2n) is 8.84. The minimum atomic E-state index is -3.52. The summed E-state index contributed by atoms with van der Waals surface area (Å²) in [6.45, 7) is 0. The van der Waals surface area contributed by atoms with Gasteiger partial charge in [-0.05, 0) is 29.8 Å². The quantitative estimate of drug-likeness (QED) is 0.271. The van der Waals surface area contributed by atoms with E-state index in [9.17, 15) is 18.0 Å². The van der Waals surface area contributed by atoms with Gasteiger partial charge in [-0.25, -0.2) is 13.2 Å². The molecule has 0 heterocycles. The van der Waals surface area contributed by atoms with E-state index >= 15 is 0 Å². The highest BCUT2D eigenvalue weighted by Gasteiger charge is 2.24. The van der Waals surface area contributed by atoms with E-state index in [1.807, 2.05) is 30.3 Å². The molecule has 200 valence electrons. The summed E-state index contributed by atoms with van der Waals surface area (Å²) >= 11 is 0. The van der Waals surface area contributed by atoms with Gasteiger partial charge in [-0.3, -0.25) is 4.79 Å².